The van der Waals surface area contributed by atoms with Crippen LogP contribution in [-0.2, 0) is 27.4 Å². The number of nitrogens with zero attached hydrogens (tertiary/aromatic N) is 2. The van der Waals surface area contributed by atoms with Gasteiger partial charge in [0.05, 0.1) is 26.0 Å². The van der Waals surface area contributed by atoms with Gasteiger partial charge in [-0.25, -0.2) is 4.39 Å². The Kier molecular flexibility index (Phi) is 7.96. The van der Waals surface area contributed by atoms with Gasteiger partial charge in [0.1, 0.15) is 11.6 Å². The Morgan fingerprint density at radius 2 is 1.76 bits per heavy atom. The smallest absolute Gasteiger partial charge is 0.242 e. The Hall–Kier alpha value is -2.67. The predicted molar refractivity (Wildman–Crippen MR) is 107 cm³/mol. The van der Waals surface area contributed by atoms with E-state index in [0.29, 0.717) is 18.9 Å². The van der Waals surface area contributed by atoms with Crippen LogP contribution >= 0.6 is 0 Å². The molecule has 29 heavy (non-hydrogen) atoms. The zero-order chi connectivity index (χ0) is 21.4. The van der Waals surface area contributed by atoms with Crippen molar-refractivity contribution in [2.24, 2.45) is 5.41 Å². The fraction of sp³-hybridized carbons (Fsp3) is 0.455. The van der Waals surface area contributed by atoms with Crippen LogP contribution in [0.2, 0.25) is 0 Å². The van der Waals surface area contributed by atoms with Crippen molar-refractivity contribution in [1.29, 1.82) is 0 Å². The molecule has 1 heterocycles. The maximum absolute atomic E-state index is 13.2. The Balaban J connectivity index is 2.18. The lowest BCUT2D eigenvalue weighted by Crippen LogP contribution is -2.47. The normalized spacial score (nSPS) is 11.3. The number of amides is 2. The molecule has 0 saturated carbocycles. The number of carbonyl (C=O) groups is 2. The molecule has 158 valence electrons. The van der Waals surface area contributed by atoms with Crippen molar-refractivity contribution >= 4 is 11.8 Å². The molecule has 2 aromatic rings. The number of methoxy groups -OCH3 is 1. The van der Waals surface area contributed by atoms with E-state index in [1.54, 1.807) is 42.5 Å². The van der Waals surface area contributed by atoms with Crippen LogP contribution in [-0.4, -0.2) is 48.4 Å². The Morgan fingerprint density at radius 1 is 1.07 bits per heavy atom. The van der Waals surface area contributed by atoms with Crippen LogP contribution in [0.3, 0.4) is 0 Å². The molecule has 7 heteroatoms. The number of rotatable bonds is 9. The molecule has 0 bridgehead atoms. The third-order valence-corrected chi connectivity index (χ3v) is 4.39. The van der Waals surface area contributed by atoms with Crippen molar-refractivity contribution in [2.75, 3.05) is 26.8 Å². The van der Waals surface area contributed by atoms with Gasteiger partial charge in [-0.3, -0.25) is 9.59 Å². The summed E-state index contributed by atoms with van der Waals surface area (Å²) in [5.41, 5.74) is 0.175. The largest absolute Gasteiger partial charge is 0.467 e. The number of ether oxygens (including phenoxy) is 1. The molecule has 0 saturated heterocycles. The van der Waals surface area contributed by atoms with Crippen molar-refractivity contribution in [3.8, 4) is 0 Å². The first kappa shape index (κ1) is 22.6. The van der Waals surface area contributed by atoms with Gasteiger partial charge in [0.15, 0.2) is 0 Å². The number of furan rings is 1. The minimum Gasteiger partial charge on any atom is -0.467 e. The van der Waals surface area contributed by atoms with E-state index >= 15 is 0 Å². The van der Waals surface area contributed by atoms with E-state index in [1.807, 2.05) is 20.8 Å². The zero-order valence-corrected chi connectivity index (χ0v) is 17.5. The van der Waals surface area contributed by atoms with Gasteiger partial charge in [-0.05, 0) is 29.8 Å². The first-order valence-electron chi connectivity index (χ1n) is 9.53. The van der Waals surface area contributed by atoms with E-state index in [1.165, 1.54) is 17.0 Å². The van der Waals surface area contributed by atoms with Gasteiger partial charge < -0.3 is 19.0 Å². The highest BCUT2D eigenvalue weighted by molar-refractivity contribution is 5.87. The maximum atomic E-state index is 13.2. The molecule has 1 aromatic carbocycles. The molecule has 1 aromatic heterocycles. The summed E-state index contributed by atoms with van der Waals surface area (Å²) in [7, 11) is 1.55. The number of halogens is 1. The lowest BCUT2D eigenvalue weighted by molar-refractivity contribution is -0.146. The highest BCUT2D eigenvalue weighted by atomic mass is 19.1. The van der Waals surface area contributed by atoms with Crippen LogP contribution in [0.1, 0.15) is 32.1 Å². The molecular formula is C22H29FN2O4. The average Bonchev–Trinajstić information content (AvgIpc) is 3.18. The van der Waals surface area contributed by atoms with E-state index in [4.69, 9.17) is 9.15 Å². The highest BCUT2D eigenvalue weighted by Crippen LogP contribution is 2.18. The molecule has 0 N–H and O–H groups in total. The van der Waals surface area contributed by atoms with Gasteiger partial charge in [0.2, 0.25) is 11.8 Å². The molecule has 0 spiro atoms. The first-order valence-corrected chi connectivity index (χ1v) is 9.53. The summed E-state index contributed by atoms with van der Waals surface area (Å²) in [4.78, 5) is 29.0. The average molecular weight is 404 g/mol. The molecule has 0 aliphatic rings. The van der Waals surface area contributed by atoms with E-state index in [2.05, 4.69) is 0 Å². The minimum atomic E-state index is -0.614. The Bertz CT molecular complexity index is 782. The topological polar surface area (TPSA) is 63.0 Å². The summed E-state index contributed by atoms with van der Waals surface area (Å²) in [5, 5.41) is 0. The van der Waals surface area contributed by atoms with Crippen LogP contribution in [0, 0.1) is 11.2 Å². The second kappa shape index (κ2) is 10.2. The second-order valence-electron chi connectivity index (χ2n) is 7.93. The molecule has 0 unspecified atom stereocenters. The molecule has 6 nitrogen and oxygen atoms in total. The monoisotopic (exact) mass is 404 g/mol. The molecule has 2 rings (SSSR count). The Morgan fingerprint density at radius 3 is 2.31 bits per heavy atom. The van der Waals surface area contributed by atoms with Gasteiger partial charge >= 0.3 is 0 Å². The van der Waals surface area contributed by atoms with Crippen LogP contribution in [0.15, 0.2) is 47.1 Å². The molecule has 2 amide bonds. The van der Waals surface area contributed by atoms with Crippen molar-refractivity contribution < 1.29 is 23.1 Å². The quantitative estimate of drug-likeness (QED) is 0.642. The molecule has 0 aliphatic heterocycles. The van der Waals surface area contributed by atoms with E-state index < -0.39 is 5.41 Å². The van der Waals surface area contributed by atoms with Gasteiger partial charge in [-0.2, -0.15) is 0 Å². The highest BCUT2D eigenvalue weighted by Gasteiger charge is 2.29. The van der Waals surface area contributed by atoms with Crippen molar-refractivity contribution in [3.05, 3.63) is 59.8 Å². The van der Waals surface area contributed by atoms with E-state index in [0.717, 1.165) is 5.56 Å². The van der Waals surface area contributed by atoms with Crippen LogP contribution < -0.4 is 0 Å². The molecule has 0 atom stereocenters. The number of hydrogen-bond donors (Lipinski definition) is 0. The third kappa shape index (κ3) is 7.02. The van der Waals surface area contributed by atoms with Crippen molar-refractivity contribution in [1.82, 2.24) is 9.80 Å². The van der Waals surface area contributed by atoms with Gasteiger partial charge in [-0.15, -0.1) is 0 Å². The van der Waals surface area contributed by atoms with Crippen LogP contribution in [0.4, 0.5) is 4.39 Å². The van der Waals surface area contributed by atoms with E-state index in [9.17, 15) is 14.0 Å². The number of carbonyl (C=O) groups excluding carboxylic acids is 2. The van der Waals surface area contributed by atoms with Gasteiger partial charge in [0.25, 0.3) is 0 Å². The van der Waals surface area contributed by atoms with Crippen molar-refractivity contribution in [2.45, 2.75) is 33.9 Å². The summed E-state index contributed by atoms with van der Waals surface area (Å²) in [6.07, 6.45) is 1.55. The fourth-order valence-electron chi connectivity index (χ4n) is 2.82. The lowest BCUT2D eigenvalue weighted by atomic mass is 9.94. The second-order valence-corrected chi connectivity index (χ2v) is 7.93. The number of benzene rings is 1. The summed E-state index contributed by atoms with van der Waals surface area (Å²) < 4.78 is 23.7. The van der Waals surface area contributed by atoms with Crippen LogP contribution in [0.25, 0.3) is 0 Å². The maximum Gasteiger partial charge on any atom is 0.242 e. The summed E-state index contributed by atoms with van der Waals surface area (Å²) in [5.74, 6) is -0.0488. The predicted octanol–water partition coefficient (Wildman–Crippen LogP) is 3.47. The molecule has 0 aliphatic carbocycles. The summed E-state index contributed by atoms with van der Waals surface area (Å²) in [6, 6.07) is 9.54. The number of hydrogen-bond acceptors (Lipinski definition) is 4. The summed E-state index contributed by atoms with van der Waals surface area (Å²) >= 11 is 0. The first-order chi connectivity index (χ1) is 13.7. The SMILES string of the molecule is COCCN(CC(=O)N(Cc1ccc(F)cc1)Cc1ccco1)C(=O)C(C)(C)C. The summed E-state index contributed by atoms with van der Waals surface area (Å²) in [6.45, 7) is 6.58. The van der Waals surface area contributed by atoms with Crippen LogP contribution in [0.5, 0.6) is 0 Å². The third-order valence-electron chi connectivity index (χ3n) is 4.39. The molecule has 0 fully saturated rings. The van der Waals surface area contributed by atoms with E-state index in [-0.39, 0.29) is 37.3 Å². The van der Waals surface area contributed by atoms with Gasteiger partial charge in [-0.1, -0.05) is 32.9 Å². The minimum absolute atomic E-state index is 0.0681. The zero-order valence-electron chi connectivity index (χ0n) is 17.5. The standard InChI is InChI=1S/C22H29FN2O4/c1-22(2,3)21(27)24(11-13-28-4)16-20(26)25(15-19-6-5-12-29-19)14-17-7-9-18(23)10-8-17/h5-10,12H,11,13-16H2,1-4H3. The fourth-order valence-corrected chi connectivity index (χ4v) is 2.82. The Labute approximate surface area is 171 Å². The van der Waals surface area contributed by atoms with Gasteiger partial charge in [0, 0.05) is 25.6 Å². The molecule has 0 radical (unpaired) electrons. The van der Waals surface area contributed by atoms with Crippen molar-refractivity contribution in [3.63, 3.8) is 0 Å². The molecular weight excluding hydrogens is 375 g/mol. The lowest BCUT2D eigenvalue weighted by Gasteiger charge is -2.31.